The minimum absolute atomic E-state index is 0.0389. The van der Waals surface area contributed by atoms with Gasteiger partial charge in [0.25, 0.3) is 0 Å². The molecule has 0 amide bonds. The van der Waals surface area contributed by atoms with E-state index in [9.17, 15) is 22.0 Å². The lowest BCUT2D eigenvalue weighted by Crippen LogP contribution is -2.09. The number of Topliss-reactive ketones (excluding diaryl/α,β-unsaturated/α-hetero) is 1. The standard InChI is InChI=1S/C24H20F2N2O4S/c1-33(30,31)16-9-6-14(7-10-16)15-8-11-21-27-22-19(29)12-18(23(22)28(21)13-15)17-4-2-3-5-20(17)32-24(25)26/h2-6,8-11,13-14,18,24H,7,12H2,1H3. The van der Waals surface area contributed by atoms with Gasteiger partial charge in [-0.05, 0) is 30.2 Å². The first kappa shape index (κ1) is 21.5. The zero-order valence-electron chi connectivity index (χ0n) is 17.6. The number of ether oxygens (including phenoxy) is 1. The number of hydrogen-bond acceptors (Lipinski definition) is 5. The summed E-state index contributed by atoms with van der Waals surface area (Å²) in [4.78, 5) is 17.5. The van der Waals surface area contributed by atoms with Gasteiger partial charge in [0.05, 0.1) is 10.6 Å². The van der Waals surface area contributed by atoms with E-state index in [0.717, 1.165) is 5.56 Å². The van der Waals surface area contributed by atoms with Crippen LogP contribution in [0.5, 0.6) is 5.75 Å². The lowest BCUT2D eigenvalue weighted by atomic mass is 9.93. The number of ketones is 1. The summed E-state index contributed by atoms with van der Waals surface area (Å²) in [5, 5.41) is 0. The molecule has 0 radical (unpaired) electrons. The molecule has 2 aromatic heterocycles. The molecule has 0 saturated carbocycles. The Balaban J connectivity index is 1.56. The first-order valence-electron chi connectivity index (χ1n) is 10.4. The zero-order chi connectivity index (χ0) is 23.3. The molecule has 0 bridgehead atoms. The predicted molar refractivity (Wildman–Crippen MR) is 118 cm³/mol. The van der Waals surface area contributed by atoms with Crippen molar-refractivity contribution in [3.8, 4) is 5.75 Å². The first-order chi connectivity index (χ1) is 15.7. The number of halogens is 2. The summed E-state index contributed by atoms with van der Waals surface area (Å²) in [6.45, 7) is -2.97. The van der Waals surface area contributed by atoms with Crippen LogP contribution >= 0.6 is 0 Å². The van der Waals surface area contributed by atoms with Crippen molar-refractivity contribution in [2.45, 2.75) is 31.3 Å². The van der Waals surface area contributed by atoms with Crippen LogP contribution in [-0.2, 0) is 9.84 Å². The van der Waals surface area contributed by atoms with Gasteiger partial charge in [-0.3, -0.25) is 4.79 Å². The number of aromatic nitrogens is 2. The SMILES string of the molecule is CS(=O)(=O)C1=CCC(c2ccc3nc4c(n3c2)C(c2ccccc2OC(F)F)CC4=O)C=C1. The fourth-order valence-corrected chi connectivity index (χ4v) is 5.29. The van der Waals surface area contributed by atoms with Crippen molar-refractivity contribution >= 4 is 21.3 Å². The number of alkyl halides is 2. The minimum Gasteiger partial charge on any atom is -0.435 e. The third kappa shape index (κ3) is 3.86. The van der Waals surface area contributed by atoms with Crippen LogP contribution in [0.2, 0.25) is 0 Å². The van der Waals surface area contributed by atoms with Crippen LogP contribution in [0.15, 0.2) is 65.7 Å². The van der Waals surface area contributed by atoms with Crippen molar-refractivity contribution in [2.75, 3.05) is 6.26 Å². The zero-order valence-corrected chi connectivity index (χ0v) is 18.4. The number of benzene rings is 1. The summed E-state index contributed by atoms with van der Waals surface area (Å²) in [7, 11) is -3.27. The second-order valence-electron chi connectivity index (χ2n) is 8.21. The van der Waals surface area contributed by atoms with Crippen LogP contribution in [0, 0.1) is 0 Å². The number of nitrogens with zero attached hydrogens (tertiary/aromatic N) is 2. The van der Waals surface area contributed by atoms with E-state index < -0.39 is 22.4 Å². The fourth-order valence-electron chi connectivity index (χ4n) is 4.57. The van der Waals surface area contributed by atoms with Gasteiger partial charge in [-0.1, -0.05) is 36.4 Å². The number of sulfone groups is 1. The van der Waals surface area contributed by atoms with E-state index >= 15 is 0 Å². The monoisotopic (exact) mass is 470 g/mol. The summed E-state index contributed by atoms with van der Waals surface area (Å²) in [5.41, 5.74) is 3.01. The summed E-state index contributed by atoms with van der Waals surface area (Å²) in [6.07, 6.45) is 8.87. The Morgan fingerprint density at radius 3 is 2.67 bits per heavy atom. The van der Waals surface area contributed by atoms with E-state index in [-0.39, 0.29) is 23.9 Å². The average Bonchev–Trinajstić information content (AvgIpc) is 3.30. The van der Waals surface area contributed by atoms with Crippen molar-refractivity contribution < 1.29 is 26.7 Å². The van der Waals surface area contributed by atoms with Gasteiger partial charge in [-0.2, -0.15) is 8.78 Å². The second kappa shape index (κ2) is 7.91. The molecule has 2 atom stereocenters. The number of rotatable bonds is 5. The van der Waals surface area contributed by atoms with E-state index in [0.29, 0.717) is 33.9 Å². The van der Waals surface area contributed by atoms with E-state index in [2.05, 4.69) is 4.98 Å². The van der Waals surface area contributed by atoms with E-state index in [1.807, 2.05) is 28.8 Å². The molecule has 0 saturated heterocycles. The predicted octanol–water partition coefficient (Wildman–Crippen LogP) is 4.63. The summed E-state index contributed by atoms with van der Waals surface area (Å²) in [5.74, 6) is -0.613. The highest BCUT2D eigenvalue weighted by molar-refractivity contribution is 7.94. The van der Waals surface area contributed by atoms with Gasteiger partial charge in [-0.15, -0.1) is 0 Å². The Bertz CT molecular complexity index is 1440. The van der Waals surface area contributed by atoms with Gasteiger partial charge in [0.1, 0.15) is 17.1 Å². The third-order valence-electron chi connectivity index (χ3n) is 6.09. The highest BCUT2D eigenvalue weighted by Crippen LogP contribution is 2.42. The van der Waals surface area contributed by atoms with Crippen molar-refractivity contribution in [2.24, 2.45) is 0 Å². The van der Waals surface area contributed by atoms with Crippen LogP contribution in [0.1, 0.15) is 52.0 Å². The molecule has 170 valence electrons. The third-order valence-corrected chi connectivity index (χ3v) is 7.25. The number of fused-ring (bicyclic) bond motifs is 3. The van der Waals surface area contributed by atoms with E-state index in [1.54, 1.807) is 30.4 Å². The Labute approximate surface area is 189 Å². The Morgan fingerprint density at radius 1 is 1.18 bits per heavy atom. The van der Waals surface area contributed by atoms with Crippen LogP contribution in [0.4, 0.5) is 8.78 Å². The topological polar surface area (TPSA) is 77.7 Å². The van der Waals surface area contributed by atoms with E-state index in [1.165, 1.54) is 12.3 Å². The Morgan fingerprint density at radius 2 is 1.97 bits per heavy atom. The summed E-state index contributed by atoms with van der Waals surface area (Å²) < 4.78 is 56.0. The molecular formula is C24H20F2N2O4S. The normalized spacial score (nSPS) is 20.4. The Hall–Kier alpha value is -3.33. The lowest BCUT2D eigenvalue weighted by molar-refractivity contribution is -0.0505. The van der Waals surface area contributed by atoms with Gasteiger partial charge >= 0.3 is 6.61 Å². The van der Waals surface area contributed by atoms with Crippen molar-refractivity contribution in [3.05, 3.63) is 88.2 Å². The minimum atomic E-state index is -3.27. The number of carbonyl (C=O) groups is 1. The van der Waals surface area contributed by atoms with Crippen molar-refractivity contribution in [1.29, 1.82) is 0 Å². The van der Waals surface area contributed by atoms with E-state index in [4.69, 9.17) is 4.74 Å². The number of carbonyl (C=O) groups excluding carboxylic acids is 1. The van der Waals surface area contributed by atoms with Gasteiger partial charge in [0.15, 0.2) is 15.6 Å². The summed E-state index contributed by atoms with van der Waals surface area (Å²) in [6, 6.07) is 10.2. The molecule has 0 spiro atoms. The number of para-hydroxylation sites is 1. The molecule has 0 fully saturated rings. The number of imidazole rings is 1. The summed E-state index contributed by atoms with van der Waals surface area (Å²) >= 11 is 0. The van der Waals surface area contributed by atoms with Gasteiger partial charge in [0.2, 0.25) is 0 Å². The molecule has 33 heavy (non-hydrogen) atoms. The molecule has 2 heterocycles. The smallest absolute Gasteiger partial charge is 0.387 e. The molecule has 2 unspecified atom stereocenters. The highest BCUT2D eigenvalue weighted by atomic mass is 32.2. The molecule has 5 rings (SSSR count). The number of hydrogen-bond donors (Lipinski definition) is 0. The van der Waals surface area contributed by atoms with Crippen LogP contribution in [0.25, 0.3) is 5.65 Å². The quantitative estimate of drug-likeness (QED) is 0.544. The maximum atomic E-state index is 13.0. The molecule has 6 nitrogen and oxygen atoms in total. The number of allylic oxidation sites excluding steroid dienone is 3. The highest BCUT2D eigenvalue weighted by Gasteiger charge is 2.37. The van der Waals surface area contributed by atoms with Gasteiger partial charge < -0.3 is 9.14 Å². The first-order valence-corrected chi connectivity index (χ1v) is 12.3. The van der Waals surface area contributed by atoms with Crippen molar-refractivity contribution in [1.82, 2.24) is 9.38 Å². The van der Waals surface area contributed by atoms with Crippen LogP contribution < -0.4 is 4.74 Å². The van der Waals surface area contributed by atoms with Gasteiger partial charge in [0, 0.05) is 36.3 Å². The lowest BCUT2D eigenvalue weighted by Gasteiger charge is -2.18. The molecule has 1 aromatic carbocycles. The largest absolute Gasteiger partial charge is 0.435 e. The van der Waals surface area contributed by atoms with Gasteiger partial charge in [-0.25, -0.2) is 13.4 Å². The maximum absolute atomic E-state index is 13.0. The molecule has 3 aromatic rings. The maximum Gasteiger partial charge on any atom is 0.387 e. The second-order valence-corrected chi connectivity index (χ2v) is 10.2. The van der Waals surface area contributed by atoms with Crippen molar-refractivity contribution in [3.63, 3.8) is 0 Å². The molecule has 9 heteroatoms. The van der Waals surface area contributed by atoms with Crippen LogP contribution in [-0.4, -0.2) is 36.5 Å². The Kier molecular flexibility index (Phi) is 5.16. The fraction of sp³-hybridized carbons (Fsp3) is 0.250. The van der Waals surface area contributed by atoms with Crippen LogP contribution in [0.3, 0.4) is 0 Å². The average molecular weight is 470 g/mol. The molecule has 0 N–H and O–H groups in total. The molecule has 0 aliphatic heterocycles. The molecule has 2 aliphatic carbocycles. The number of pyridine rings is 1. The molecule has 2 aliphatic rings. The molecular weight excluding hydrogens is 450 g/mol.